The van der Waals surface area contributed by atoms with Gasteiger partial charge >= 0.3 is 0 Å². The smallest absolute Gasteiger partial charge is 0.246 e. The molecule has 2 rings (SSSR count). The lowest BCUT2D eigenvalue weighted by atomic mass is 10.2. The molecule has 1 aliphatic rings. The van der Waals surface area contributed by atoms with Crippen LogP contribution in [-0.4, -0.2) is 30.3 Å². The van der Waals surface area contributed by atoms with Gasteiger partial charge in [-0.05, 0) is 25.0 Å². The average Bonchev–Trinajstić information content (AvgIpc) is 2.77. The molecule has 0 amide bonds. The molecular formula is C11H12F2N2O2S2. The van der Waals surface area contributed by atoms with E-state index in [1.807, 2.05) is 0 Å². The van der Waals surface area contributed by atoms with Crippen LogP contribution < -0.4 is 5.73 Å². The normalized spacial score (nSPS) is 20.6. The quantitative estimate of drug-likeness (QED) is 0.858. The molecule has 0 aromatic heterocycles. The molecule has 0 radical (unpaired) electrons. The van der Waals surface area contributed by atoms with Gasteiger partial charge in [0.1, 0.15) is 16.5 Å². The minimum absolute atomic E-state index is 0.0589. The second-order valence-electron chi connectivity index (χ2n) is 4.25. The molecule has 1 unspecified atom stereocenters. The number of hydrogen-bond acceptors (Lipinski definition) is 3. The molecule has 1 aromatic rings. The molecule has 19 heavy (non-hydrogen) atoms. The van der Waals surface area contributed by atoms with E-state index in [2.05, 4.69) is 0 Å². The van der Waals surface area contributed by atoms with Crippen LogP contribution in [0.3, 0.4) is 0 Å². The zero-order valence-electron chi connectivity index (χ0n) is 9.84. The summed E-state index contributed by atoms with van der Waals surface area (Å²) in [7, 11) is -4.06. The first-order chi connectivity index (χ1) is 8.84. The predicted octanol–water partition coefficient (Wildman–Crippen LogP) is 1.40. The van der Waals surface area contributed by atoms with Crippen LogP contribution in [0.15, 0.2) is 23.1 Å². The standard InChI is InChI=1S/C11H12F2N2O2S2/c12-7-3-4-10(8(13)6-7)19(16,17)15-5-1-2-9(15)11(14)18/h3-4,6,9H,1-2,5H2,(H2,14,18). The Morgan fingerprint density at radius 1 is 1.42 bits per heavy atom. The second kappa shape index (κ2) is 5.10. The molecule has 104 valence electrons. The summed E-state index contributed by atoms with van der Waals surface area (Å²) in [6, 6.07) is 1.75. The zero-order valence-corrected chi connectivity index (χ0v) is 11.5. The van der Waals surface area contributed by atoms with Crippen molar-refractivity contribution in [1.82, 2.24) is 4.31 Å². The van der Waals surface area contributed by atoms with Gasteiger partial charge in [0.15, 0.2) is 0 Å². The number of rotatable bonds is 3. The summed E-state index contributed by atoms with van der Waals surface area (Å²) in [6.45, 7) is 0.223. The summed E-state index contributed by atoms with van der Waals surface area (Å²) in [5.74, 6) is -1.95. The first-order valence-electron chi connectivity index (χ1n) is 5.60. The molecule has 0 spiro atoms. The summed E-state index contributed by atoms with van der Waals surface area (Å²) in [5, 5.41) is 0. The molecule has 1 heterocycles. The molecule has 2 N–H and O–H groups in total. The van der Waals surface area contributed by atoms with E-state index in [0.717, 1.165) is 16.4 Å². The van der Waals surface area contributed by atoms with Crippen LogP contribution in [0.1, 0.15) is 12.8 Å². The van der Waals surface area contributed by atoms with Gasteiger partial charge in [-0.25, -0.2) is 17.2 Å². The highest BCUT2D eigenvalue weighted by Gasteiger charge is 2.38. The summed E-state index contributed by atoms with van der Waals surface area (Å²) in [5.41, 5.74) is 5.50. The van der Waals surface area contributed by atoms with E-state index in [9.17, 15) is 17.2 Å². The zero-order chi connectivity index (χ0) is 14.2. The molecule has 1 aliphatic heterocycles. The van der Waals surface area contributed by atoms with E-state index >= 15 is 0 Å². The van der Waals surface area contributed by atoms with Crippen molar-refractivity contribution in [3.8, 4) is 0 Å². The van der Waals surface area contributed by atoms with Crippen LogP contribution in [0, 0.1) is 11.6 Å². The van der Waals surface area contributed by atoms with E-state index in [-0.39, 0.29) is 11.5 Å². The predicted molar refractivity (Wildman–Crippen MR) is 70.1 cm³/mol. The second-order valence-corrected chi connectivity index (χ2v) is 6.58. The van der Waals surface area contributed by atoms with E-state index in [1.54, 1.807) is 0 Å². The van der Waals surface area contributed by atoms with Gasteiger partial charge in [0.05, 0.1) is 11.0 Å². The van der Waals surface area contributed by atoms with E-state index < -0.39 is 32.6 Å². The Kier molecular flexibility index (Phi) is 3.84. The summed E-state index contributed by atoms with van der Waals surface area (Å²) in [6.07, 6.45) is 1.11. The van der Waals surface area contributed by atoms with Crippen LogP contribution in [0.4, 0.5) is 8.78 Å². The topological polar surface area (TPSA) is 63.4 Å². The molecule has 0 saturated carbocycles. The molecule has 1 aromatic carbocycles. The number of nitrogens with zero attached hydrogens (tertiary/aromatic N) is 1. The Balaban J connectivity index is 2.45. The minimum atomic E-state index is -4.06. The fourth-order valence-corrected chi connectivity index (χ4v) is 4.16. The highest BCUT2D eigenvalue weighted by molar-refractivity contribution is 7.89. The summed E-state index contributed by atoms with van der Waals surface area (Å²) >= 11 is 4.82. The maximum Gasteiger partial charge on any atom is 0.246 e. The van der Waals surface area contributed by atoms with Crippen molar-refractivity contribution in [3.63, 3.8) is 0 Å². The molecule has 8 heteroatoms. The SMILES string of the molecule is NC(=S)C1CCCN1S(=O)(=O)c1ccc(F)cc1F. The first kappa shape index (κ1) is 14.3. The van der Waals surface area contributed by atoms with Crippen molar-refractivity contribution in [2.45, 2.75) is 23.8 Å². The van der Waals surface area contributed by atoms with Gasteiger partial charge in [-0.1, -0.05) is 12.2 Å². The van der Waals surface area contributed by atoms with Crippen molar-refractivity contribution in [2.75, 3.05) is 6.54 Å². The van der Waals surface area contributed by atoms with Crippen molar-refractivity contribution in [2.24, 2.45) is 5.73 Å². The lowest BCUT2D eigenvalue weighted by molar-refractivity contribution is 0.440. The highest BCUT2D eigenvalue weighted by Crippen LogP contribution is 2.27. The molecule has 1 atom stereocenters. The third-order valence-electron chi connectivity index (χ3n) is 3.01. The van der Waals surface area contributed by atoms with Crippen LogP contribution in [0.2, 0.25) is 0 Å². The molecule has 1 saturated heterocycles. The van der Waals surface area contributed by atoms with Crippen molar-refractivity contribution in [3.05, 3.63) is 29.8 Å². The monoisotopic (exact) mass is 306 g/mol. The Morgan fingerprint density at radius 2 is 2.11 bits per heavy atom. The largest absolute Gasteiger partial charge is 0.392 e. The molecule has 4 nitrogen and oxygen atoms in total. The van der Waals surface area contributed by atoms with Crippen LogP contribution >= 0.6 is 12.2 Å². The summed E-state index contributed by atoms with van der Waals surface area (Å²) in [4.78, 5) is -0.499. The number of nitrogens with two attached hydrogens (primary N) is 1. The average molecular weight is 306 g/mol. The van der Waals surface area contributed by atoms with Crippen LogP contribution in [-0.2, 0) is 10.0 Å². The van der Waals surface area contributed by atoms with Crippen molar-refractivity contribution < 1.29 is 17.2 Å². The number of halogens is 2. The van der Waals surface area contributed by atoms with Gasteiger partial charge in [0, 0.05) is 12.6 Å². The Hall–Kier alpha value is -1.12. The van der Waals surface area contributed by atoms with Gasteiger partial charge in [0.2, 0.25) is 10.0 Å². The van der Waals surface area contributed by atoms with Crippen molar-refractivity contribution >= 4 is 27.2 Å². The number of hydrogen-bond donors (Lipinski definition) is 1. The summed E-state index contributed by atoms with van der Waals surface area (Å²) < 4.78 is 52.2. The lowest BCUT2D eigenvalue weighted by Gasteiger charge is -2.23. The number of benzene rings is 1. The van der Waals surface area contributed by atoms with E-state index in [1.165, 1.54) is 0 Å². The Morgan fingerprint density at radius 3 is 2.68 bits per heavy atom. The number of thiocarbonyl (C=S) groups is 1. The maximum atomic E-state index is 13.6. The van der Waals surface area contributed by atoms with Crippen molar-refractivity contribution in [1.29, 1.82) is 0 Å². The van der Waals surface area contributed by atoms with Crippen LogP contribution in [0.5, 0.6) is 0 Å². The third-order valence-corrected chi connectivity index (χ3v) is 5.23. The molecule has 0 bridgehead atoms. The number of sulfonamides is 1. The third kappa shape index (κ3) is 2.60. The minimum Gasteiger partial charge on any atom is -0.392 e. The van der Waals surface area contributed by atoms with Gasteiger partial charge in [-0.15, -0.1) is 0 Å². The van der Waals surface area contributed by atoms with Gasteiger partial charge in [-0.2, -0.15) is 4.31 Å². The highest BCUT2D eigenvalue weighted by atomic mass is 32.2. The first-order valence-corrected chi connectivity index (χ1v) is 7.45. The van der Waals surface area contributed by atoms with Gasteiger partial charge in [-0.3, -0.25) is 0 Å². The lowest BCUT2D eigenvalue weighted by Crippen LogP contribution is -2.43. The van der Waals surface area contributed by atoms with Crippen LogP contribution in [0.25, 0.3) is 0 Å². The maximum absolute atomic E-state index is 13.6. The van der Waals surface area contributed by atoms with Gasteiger partial charge < -0.3 is 5.73 Å². The molecule has 1 fully saturated rings. The fourth-order valence-electron chi connectivity index (χ4n) is 2.12. The molecular weight excluding hydrogens is 294 g/mol. The molecule has 0 aliphatic carbocycles. The Labute approximate surface area is 115 Å². The van der Waals surface area contributed by atoms with E-state index in [0.29, 0.717) is 18.9 Å². The van der Waals surface area contributed by atoms with Gasteiger partial charge in [0.25, 0.3) is 0 Å². The van der Waals surface area contributed by atoms with E-state index in [4.69, 9.17) is 18.0 Å². The Bertz CT molecular complexity index is 619. The fraction of sp³-hybridized carbons (Fsp3) is 0.364.